The minimum Gasteiger partial charge on any atom is -0.380 e. The number of fused-ring (bicyclic) bond motifs is 1. The summed E-state index contributed by atoms with van der Waals surface area (Å²) in [5, 5.41) is 7.56. The zero-order chi connectivity index (χ0) is 10.1. The van der Waals surface area contributed by atoms with Crippen LogP contribution in [0.15, 0.2) is 12.1 Å². The number of nitrogens with one attached hydrogen (secondary N) is 2. The van der Waals surface area contributed by atoms with E-state index in [1.807, 2.05) is 13.1 Å². The van der Waals surface area contributed by atoms with E-state index in [1.165, 1.54) is 16.8 Å². The Morgan fingerprint density at radius 3 is 3.00 bits per heavy atom. The third-order valence-corrected chi connectivity index (χ3v) is 3.07. The van der Waals surface area contributed by atoms with Crippen LogP contribution in [0.3, 0.4) is 0 Å². The Labute approximate surface area is 89.7 Å². The molecule has 1 atom stereocenters. The third-order valence-electron chi connectivity index (χ3n) is 2.71. The molecule has 0 bridgehead atoms. The van der Waals surface area contributed by atoms with Gasteiger partial charge in [0.1, 0.15) is 0 Å². The van der Waals surface area contributed by atoms with Crippen LogP contribution in [0, 0.1) is 6.92 Å². The van der Waals surface area contributed by atoms with Crippen molar-refractivity contribution in [2.75, 3.05) is 18.9 Å². The molecule has 2 N–H and O–H groups in total. The lowest BCUT2D eigenvalue weighted by Gasteiger charge is -2.10. The second-order valence-corrected chi connectivity index (χ2v) is 4.23. The van der Waals surface area contributed by atoms with Gasteiger partial charge in [-0.2, -0.15) is 0 Å². The van der Waals surface area contributed by atoms with E-state index in [0.717, 1.165) is 18.0 Å². The van der Waals surface area contributed by atoms with Gasteiger partial charge in [-0.3, -0.25) is 0 Å². The van der Waals surface area contributed by atoms with Crippen LogP contribution in [0.25, 0.3) is 0 Å². The van der Waals surface area contributed by atoms with E-state index in [-0.39, 0.29) is 0 Å². The van der Waals surface area contributed by atoms with Crippen LogP contribution in [0.4, 0.5) is 5.69 Å². The number of likely N-dealkylation sites (N-methyl/N-ethyl adjacent to an activating group) is 1. The molecule has 0 radical (unpaired) electrons. The number of aryl methyl sites for hydroxylation is 1. The molecule has 0 fully saturated rings. The molecular formula is C11H15ClN2. The average Bonchev–Trinajstić information content (AvgIpc) is 2.57. The second kappa shape index (κ2) is 3.79. The maximum atomic E-state index is 6.15. The van der Waals surface area contributed by atoms with Crippen LogP contribution in [0.5, 0.6) is 0 Å². The summed E-state index contributed by atoms with van der Waals surface area (Å²) in [6.45, 7) is 3.09. The number of rotatable bonds is 2. The highest BCUT2D eigenvalue weighted by molar-refractivity contribution is 6.31. The SMILES string of the molecule is CNCC1Cc2c(Cl)ccc(C)c2N1. The first-order valence-electron chi connectivity index (χ1n) is 4.91. The zero-order valence-electron chi connectivity index (χ0n) is 8.52. The van der Waals surface area contributed by atoms with Gasteiger partial charge in [0, 0.05) is 23.3 Å². The predicted octanol–water partition coefficient (Wildman–Crippen LogP) is 2.20. The van der Waals surface area contributed by atoms with Crippen LogP contribution in [-0.2, 0) is 6.42 Å². The summed E-state index contributed by atoms with van der Waals surface area (Å²) in [5.41, 5.74) is 3.78. The van der Waals surface area contributed by atoms with Crippen molar-refractivity contribution in [2.45, 2.75) is 19.4 Å². The van der Waals surface area contributed by atoms with Crippen LogP contribution in [0.2, 0.25) is 5.02 Å². The molecule has 0 amide bonds. The molecule has 0 saturated heterocycles. The Morgan fingerprint density at radius 2 is 2.36 bits per heavy atom. The molecule has 3 heteroatoms. The van der Waals surface area contributed by atoms with Crippen LogP contribution >= 0.6 is 11.6 Å². The molecule has 1 aliphatic heterocycles. The molecule has 1 unspecified atom stereocenters. The van der Waals surface area contributed by atoms with Crippen molar-refractivity contribution in [2.24, 2.45) is 0 Å². The Morgan fingerprint density at radius 1 is 1.57 bits per heavy atom. The van der Waals surface area contributed by atoms with E-state index < -0.39 is 0 Å². The molecule has 2 nitrogen and oxygen atoms in total. The number of anilines is 1. The van der Waals surface area contributed by atoms with Crippen LogP contribution in [-0.4, -0.2) is 19.6 Å². The van der Waals surface area contributed by atoms with Gasteiger partial charge in [-0.05, 0) is 37.6 Å². The molecule has 2 rings (SSSR count). The summed E-state index contributed by atoms with van der Waals surface area (Å²) in [7, 11) is 1.97. The minimum atomic E-state index is 0.480. The first kappa shape index (κ1) is 9.81. The zero-order valence-corrected chi connectivity index (χ0v) is 9.28. The number of benzene rings is 1. The van der Waals surface area contributed by atoms with Gasteiger partial charge in [-0.15, -0.1) is 0 Å². The van der Waals surface area contributed by atoms with Gasteiger partial charge >= 0.3 is 0 Å². The molecule has 0 aromatic heterocycles. The van der Waals surface area contributed by atoms with Gasteiger partial charge in [0.15, 0.2) is 0 Å². The maximum Gasteiger partial charge on any atom is 0.0459 e. The fraction of sp³-hybridized carbons (Fsp3) is 0.455. The summed E-state index contributed by atoms with van der Waals surface area (Å²) in [6, 6.07) is 4.53. The monoisotopic (exact) mass is 210 g/mol. The molecule has 0 aliphatic carbocycles. The summed E-state index contributed by atoms with van der Waals surface area (Å²) < 4.78 is 0. The van der Waals surface area contributed by atoms with E-state index in [9.17, 15) is 0 Å². The summed E-state index contributed by atoms with van der Waals surface area (Å²) in [5.74, 6) is 0. The fourth-order valence-electron chi connectivity index (χ4n) is 2.01. The average molecular weight is 211 g/mol. The molecule has 1 aromatic rings. The smallest absolute Gasteiger partial charge is 0.0459 e. The molecule has 76 valence electrons. The van der Waals surface area contributed by atoms with Gasteiger partial charge in [0.05, 0.1) is 0 Å². The van der Waals surface area contributed by atoms with Gasteiger partial charge < -0.3 is 10.6 Å². The van der Waals surface area contributed by atoms with Crippen molar-refractivity contribution in [3.63, 3.8) is 0 Å². The normalized spacial score (nSPS) is 19.2. The fourth-order valence-corrected chi connectivity index (χ4v) is 2.25. The van der Waals surface area contributed by atoms with Crippen LogP contribution in [0.1, 0.15) is 11.1 Å². The highest BCUT2D eigenvalue weighted by Gasteiger charge is 2.23. The number of hydrogen-bond donors (Lipinski definition) is 2. The lowest BCUT2D eigenvalue weighted by Crippen LogP contribution is -2.28. The second-order valence-electron chi connectivity index (χ2n) is 3.82. The molecule has 1 aromatic carbocycles. The van der Waals surface area contributed by atoms with E-state index in [1.54, 1.807) is 0 Å². The summed E-state index contributed by atoms with van der Waals surface area (Å²) in [4.78, 5) is 0. The highest BCUT2D eigenvalue weighted by Crippen LogP contribution is 2.34. The molecular weight excluding hydrogens is 196 g/mol. The number of halogens is 1. The lowest BCUT2D eigenvalue weighted by atomic mass is 10.1. The van der Waals surface area contributed by atoms with E-state index in [2.05, 4.69) is 23.6 Å². The van der Waals surface area contributed by atoms with Crippen LogP contribution < -0.4 is 10.6 Å². The van der Waals surface area contributed by atoms with Gasteiger partial charge in [-0.25, -0.2) is 0 Å². The standard InChI is InChI=1S/C11H15ClN2/c1-7-3-4-10(12)9-5-8(6-13-2)14-11(7)9/h3-4,8,13-14H,5-6H2,1-2H3. The molecule has 0 spiro atoms. The Hall–Kier alpha value is -0.730. The summed E-state index contributed by atoms with van der Waals surface area (Å²) in [6.07, 6.45) is 1.02. The molecule has 0 saturated carbocycles. The van der Waals surface area contributed by atoms with E-state index in [0.29, 0.717) is 6.04 Å². The van der Waals surface area contributed by atoms with Crippen molar-refractivity contribution in [1.29, 1.82) is 0 Å². The van der Waals surface area contributed by atoms with Crippen molar-refractivity contribution < 1.29 is 0 Å². The Kier molecular flexibility index (Phi) is 2.66. The first-order valence-corrected chi connectivity index (χ1v) is 5.29. The third kappa shape index (κ3) is 1.60. The first-order chi connectivity index (χ1) is 6.72. The molecule has 1 heterocycles. The minimum absolute atomic E-state index is 0.480. The highest BCUT2D eigenvalue weighted by atomic mass is 35.5. The van der Waals surface area contributed by atoms with Crippen molar-refractivity contribution >= 4 is 17.3 Å². The van der Waals surface area contributed by atoms with E-state index >= 15 is 0 Å². The molecule has 1 aliphatic rings. The maximum absolute atomic E-state index is 6.15. The van der Waals surface area contributed by atoms with Crippen molar-refractivity contribution in [3.05, 3.63) is 28.3 Å². The Balaban J connectivity index is 2.29. The topological polar surface area (TPSA) is 24.1 Å². The van der Waals surface area contributed by atoms with Crippen molar-refractivity contribution in [3.8, 4) is 0 Å². The van der Waals surface area contributed by atoms with Crippen molar-refractivity contribution in [1.82, 2.24) is 5.32 Å². The van der Waals surface area contributed by atoms with E-state index in [4.69, 9.17) is 11.6 Å². The molecule has 14 heavy (non-hydrogen) atoms. The summed E-state index contributed by atoms with van der Waals surface area (Å²) >= 11 is 6.15. The lowest BCUT2D eigenvalue weighted by molar-refractivity contribution is 0.673. The van der Waals surface area contributed by atoms with Gasteiger partial charge in [0.25, 0.3) is 0 Å². The van der Waals surface area contributed by atoms with Gasteiger partial charge in [-0.1, -0.05) is 17.7 Å². The Bertz CT molecular complexity index is 318. The quantitative estimate of drug-likeness (QED) is 0.782. The van der Waals surface area contributed by atoms with Gasteiger partial charge in [0.2, 0.25) is 0 Å². The number of hydrogen-bond acceptors (Lipinski definition) is 2. The largest absolute Gasteiger partial charge is 0.380 e. The predicted molar refractivity (Wildman–Crippen MR) is 61.2 cm³/mol.